The highest BCUT2D eigenvalue weighted by atomic mass is 35.5. The largest absolute Gasteiger partial charge is 0.488 e. The van der Waals surface area contributed by atoms with E-state index in [4.69, 9.17) is 20.8 Å². The Bertz CT molecular complexity index is 1120. The number of nitrogens with zero attached hydrogens (tertiary/aromatic N) is 1. The maximum atomic E-state index is 12.5. The summed E-state index contributed by atoms with van der Waals surface area (Å²) in [5.74, 6) is 0.128. The molecule has 0 fully saturated rings. The summed E-state index contributed by atoms with van der Waals surface area (Å²) in [6, 6.07) is 6.92. The molecule has 7 heteroatoms. The average Bonchev–Trinajstić information content (AvgIpc) is 2.69. The molecule has 0 bridgehead atoms. The molecule has 0 spiro atoms. The van der Waals surface area contributed by atoms with Crippen LogP contribution in [0, 0.1) is 6.92 Å². The van der Waals surface area contributed by atoms with Crippen LogP contribution in [-0.4, -0.2) is 17.5 Å². The maximum Gasteiger partial charge on any atom is 0.340 e. The number of halogens is 1. The van der Waals surface area contributed by atoms with Gasteiger partial charge in [0.05, 0.1) is 17.0 Å². The van der Waals surface area contributed by atoms with Crippen LogP contribution in [-0.2, 0) is 17.8 Å². The molecule has 2 heterocycles. The second-order valence-electron chi connectivity index (χ2n) is 6.83. The molecule has 3 rings (SSSR count). The quantitative estimate of drug-likeness (QED) is 0.469. The van der Waals surface area contributed by atoms with Gasteiger partial charge in [0.15, 0.2) is 0 Å². The van der Waals surface area contributed by atoms with Crippen molar-refractivity contribution >= 4 is 28.5 Å². The molecular formula is C22H21ClN2O4. The number of hydrogen-bond donors (Lipinski definition) is 1. The van der Waals surface area contributed by atoms with E-state index >= 15 is 0 Å². The van der Waals surface area contributed by atoms with Gasteiger partial charge in [-0.05, 0) is 42.7 Å². The zero-order valence-electron chi connectivity index (χ0n) is 16.3. The Hall–Kier alpha value is -3.12. The van der Waals surface area contributed by atoms with E-state index in [1.165, 1.54) is 0 Å². The van der Waals surface area contributed by atoms with Gasteiger partial charge in [-0.15, -0.1) is 0 Å². The van der Waals surface area contributed by atoms with Crippen molar-refractivity contribution in [2.24, 2.45) is 0 Å². The number of rotatable bonds is 7. The number of pyridine rings is 1. The molecule has 1 aromatic carbocycles. The van der Waals surface area contributed by atoms with E-state index in [1.54, 1.807) is 37.5 Å². The number of amides is 1. The Morgan fingerprint density at radius 2 is 2.17 bits per heavy atom. The van der Waals surface area contributed by atoms with Crippen LogP contribution in [0.15, 0.2) is 58.0 Å². The summed E-state index contributed by atoms with van der Waals surface area (Å²) in [5.41, 5.74) is 2.46. The van der Waals surface area contributed by atoms with E-state index in [0.29, 0.717) is 46.0 Å². The lowest BCUT2D eigenvalue weighted by Crippen LogP contribution is -2.27. The van der Waals surface area contributed by atoms with E-state index in [9.17, 15) is 9.59 Å². The number of nitrogens with one attached hydrogen (secondary N) is 1. The summed E-state index contributed by atoms with van der Waals surface area (Å²) in [6.45, 7) is 8.03. The van der Waals surface area contributed by atoms with Crippen molar-refractivity contribution in [1.82, 2.24) is 10.3 Å². The van der Waals surface area contributed by atoms with Gasteiger partial charge in [-0.25, -0.2) is 4.79 Å². The van der Waals surface area contributed by atoms with Gasteiger partial charge in [0.1, 0.15) is 17.9 Å². The molecule has 0 radical (unpaired) electrons. The normalized spacial score (nSPS) is 10.7. The van der Waals surface area contributed by atoms with Crippen molar-refractivity contribution in [2.45, 2.75) is 26.8 Å². The number of benzene rings is 1. The second-order valence-corrected chi connectivity index (χ2v) is 7.24. The van der Waals surface area contributed by atoms with Gasteiger partial charge in [0.2, 0.25) is 5.91 Å². The molecule has 0 aliphatic carbocycles. The predicted molar refractivity (Wildman–Crippen MR) is 112 cm³/mol. The number of aromatic nitrogens is 1. The topological polar surface area (TPSA) is 81.4 Å². The Labute approximate surface area is 173 Å². The Morgan fingerprint density at radius 1 is 1.38 bits per heavy atom. The molecule has 1 N–H and O–H groups in total. The number of carbonyl (C=O) groups is 1. The first kappa shape index (κ1) is 20.6. The number of fused-ring (bicyclic) bond motifs is 1. The van der Waals surface area contributed by atoms with Gasteiger partial charge in [0.25, 0.3) is 0 Å². The van der Waals surface area contributed by atoms with E-state index in [0.717, 1.165) is 11.1 Å². The summed E-state index contributed by atoms with van der Waals surface area (Å²) in [7, 11) is 0. The second kappa shape index (κ2) is 8.92. The summed E-state index contributed by atoms with van der Waals surface area (Å²) in [4.78, 5) is 28.8. The molecule has 3 aromatic rings. The zero-order chi connectivity index (χ0) is 21.0. The van der Waals surface area contributed by atoms with Gasteiger partial charge in [0, 0.05) is 30.4 Å². The fourth-order valence-corrected chi connectivity index (χ4v) is 3.05. The molecule has 0 atom stereocenters. The molecule has 0 aliphatic rings. The molecule has 6 nitrogen and oxygen atoms in total. The molecule has 1 amide bonds. The van der Waals surface area contributed by atoms with Crippen molar-refractivity contribution in [2.75, 3.05) is 6.61 Å². The third-order valence-corrected chi connectivity index (χ3v) is 4.66. The van der Waals surface area contributed by atoms with Crippen molar-refractivity contribution < 1.29 is 13.9 Å². The van der Waals surface area contributed by atoms with Gasteiger partial charge >= 0.3 is 5.63 Å². The number of hydrogen-bond acceptors (Lipinski definition) is 5. The average molecular weight is 413 g/mol. The molecule has 2 aromatic heterocycles. The minimum atomic E-state index is -0.556. The third kappa shape index (κ3) is 5.03. The molecule has 0 unspecified atom stereocenters. The maximum absolute atomic E-state index is 12.5. The van der Waals surface area contributed by atoms with Crippen LogP contribution in [0.3, 0.4) is 0 Å². The van der Waals surface area contributed by atoms with Crippen LogP contribution >= 0.6 is 11.6 Å². The summed E-state index contributed by atoms with van der Waals surface area (Å²) in [5, 5.41) is 3.83. The highest BCUT2D eigenvalue weighted by Crippen LogP contribution is 2.32. The number of aryl methyl sites for hydroxylation is 1. The van der Waals surface area contributed by atoms with Crippen LogP contribution < -0.4 is 15.7 Å². The van der Waals surface area contributed by atoms with E-state index in [1.807, 2.05) is 13.0 Å². The molecule has 0 saturated heterocycles. The minimum Gasteiger partial charge on any atom is -0.488 e. The van der Waals surface area contributed by atoms with E-state index in [-0.39, 0.29) is 12.3 Å². The number of ether oxygens (including phenoxy) is 1. The molecule has 150 valence electrons. The molecule has 0 aliphatic heterocycles. The smallest absolute Gasteiger partial charge is 0.340 e. The fourth-order valence-electron chi connectivity index (χ4n) is 2.83. The van der Waals surface area contributed by atoms with Gasteiger partial charge < -0.3 is 14.5 Å². The van der Waals surface area contributed by atoms with Crippen molar-refractivity contribution in [3.63, 3.8) is 0 Å². The summed E-state index contributed by atoms with van der Waals surface area (Å²) < 4.78 is 11.0. The lowest BCUT2D eigenvalue weighted by Gasteiger charge is -2.12. The Kier molecular flexibility index (Phi) is 6.34. The Morgan fingerprint density at radius 3 is 2.86 bits per heavy atom. The third-order valence-electron chi connectivity index (χ3n) is 4.36. The SMILES string of the molecule is C=C(C)COc1cc2oc(=O)c(CC(=O)NCc3cccnc3)c(C)c2cc1Cl. The van der Waals surface area contributed by atoms with Crippen LogP contribution in [0.1, 0.15) is 23.6 Å². The lowest BCUT2D eigenvalue weighted by atomic mass is 10.0. The molecular weight excluding hydrogens is 392 g/mol. The first-order valence-corrected chi connectivity index (χ1v) is 9.41. The summed E-state index contributed by atoms with van der Waals surface area (Å²) in [6.07, 6.45) is 3.25. The van der Waals surface area contributed by atoms with Crippen LogP contribution in [0.5, 0.6) is 5.75 Å². The Balaban J connectivity index is 1.83. The minimum absolute atomic E-state index is 0.0874. The van der Waals surface area contributed by atoms with E-state index in [2.05, 4.69) is 16.9 Å². The van der Waals surface area contributed by atoms with Crippen LogP contribution in [0.2, 0.25) is 5.02 Å². The van der Waals surface area contributed by atoms with E-state index < -0.39 is 5.63 Å². The monoisotopic (exact) mass is 412 g/mol. The van der Waals surface area contributed by atoms with Crippen LogP contribution in [0.25, 0.3) is 11.0 Å². The summed E-state index contributed by atoms with van der Waals surface area (Å²) >= 11 is 6.31. The van der Waals surface area contributed by atoms with Crippen LogP contribution in [0.4, 0.5) is 0 Å². The van der Waals surface area contributed by atoms with Crippen molar-refractivity contribution in [3.8, 4) is 5.75 Å². The molecule has 0 saturated carbocycles. The number of carbonyl (C=O) groups excluding carboxylic acids is 1. The van der Waals surface area contributed by atoms with Gasteiger partial charge in [-0.2, -0.15) is 0 Å². The van der Waals surface area contributed by atoms with Gasteiger partial charge in [-0.3, -0.25) is 9.78 Å². The van der Waals surface area contributed by atoms with Gasteiger partial charge in [-0.1, -0.05) is 24.2 Å². The lowest BCUT2D eigenvalue weighted by molar-refractivity contribution is -0.120. The molecule has 29 heavy (non-hydrogen) atoms. The first-order valence-electron chi connectivity index (χ1n) is 9.03. The standard InChI is InChI=1S/C22H21ClN2O4/c1-13(2)12-28-20-9-19-16(7-18(20)23)14(3)17(22(27)29-19)8-21(26)25-11-15-5-4-6-24-10-15/h4-7,9-10H,1,8,11-12H2,2-3H3,(H,25,26). The predicted octanol–water partition coefficient (Wildman–Crippen LogP) is 3.96. The highest BCUT2D eigenvalue weighted by molar-refractivity contribution is 6.32. The van der Waals surface area contributed by atoms with Crippen molar-refractivity contribution in [3.05, 3.63) is 80.9 Å². The fraction of sp³-hybridized carbons (Fsp3) is 0.227. The zero-order valence-corrected chi connectivity index (χ0v) is 17.0. The highest BCUT2D eigenvalue weighted by Gasteiger charge is 2.17. The van der Waals surface area contributed by atoms with Crippen molar-refractivity contribution in [1.29, 1.82) is 0 Å². The first-order chi connectivity index (χ1) is 13.8.